The molecule has 0 spiro atoms. The quantitative estimate of drug-likeness (QED) is 0.834. The van der Waals surface area contributed by atoms with E-state index in [-0.39, 0.29) is 5.91 Å². The van der Waals surface area contributed by atoms with Gasteiger partial charge in [-0.25, -0.2) is 0 Å². The molecule has 2 fully saturated rings. The molecule has 0 saturated carbocycles. The molecule has 3 aliphatic rings. The third-order valence-electron chi connectivity index (χ3n) is 5.91. The number of fused-ring (bicyclic) bond motifs is 1. The van der Waals surface area contributed by atoms with Crippen molar-refractivity contribution in [1.29, 1.82) is 0 Å². The van der Waals surface area contributed by atoms with Gasteiger partial charge >= 0.3 is 0 Å². The van der Waals surface area contributed by atoms with E-state index in [0.29, 0.717) is 18.4 Å². The largest absolute Gasteiger partial charge is 0.493 e. The number of morpholine rings is 1. The van der Waals surface area contributed by atoms with Crippen molar-refractivity contribution in [2.24, 2.45) is 5.92 Å². The Morgan fingerprint density at radius 1 is 1.20 bits per heavy atom. The second-order valence-electron chi connectivity index (χ2n) is 7.40. The molecule has 136 valence electrons. The lowest BCUT2D eigenvalue weighted by molar-refractivity contribution is -0.129. The first-order chi connectivity index (χ1) is 12.2. The van der Waals surface area contributed by atoms with E-state index in [1.165, 1.54) is 5.56 Å². The summed E-state index contributed by atoms with van der Waals surface area (Å²) in [5, 5.41) is 0. The summed E-state index contributed by atoms with van der Waals surface area (Å²) in [6.07, 6.45) is 2.58. The molecule has 2 saturated heterocycles. The van der Waals surface area contributed by atoms with E-state index in [2.05, 4.69) is 22.8 Å². The zero-order valence-corrected chi connectivity index (χ0v) is 15.1. The molecule has 0 N–H and O–H groups in total. The first kappa shape index (κ1) is 16.9. The van der Waals surface area contributed by atoms with Gasteiger partial charge in [0.1, 0.15) is 5.75 Å². The molecule has 0 bridgehead atoms. The third kappa shape index (κ3) is 3.53. The number of nitrogens with zero attached hydrogens (tertiary/aromatic N) is 2. The number of ether oxygens (including phenoxy) is 2. The van der Waals surface area contributed by atoms with Crippen molar-refractivity contribution in [2.75, 3.05) is 46.0 Å². The molecule has 5 heteroatoms. The highest BCUT2D eigenvalue weighted by Crippen LogP contribution is 2.28. The molecule has 1 amide bonds. The van der Waals surface area contributed by atoms with Gasteiger partial charge in [0, 0.05) is 38.6 Å². The lowest BCUT2D eigenvalue weighted by atomic mass is 9.99. The molecule has 3 aliphatic heterocycles. The Kier molecular flexibility index (Phi) is 4.95. The molecule has 0 unspecified atom stereocenters. The fourth-order valence-electron chi connectivity index (χ4n) is 4.42. The number of hydrogen-bond donors (Lipinski definition) is 0. The summed E-state index contributed by atoms with van der Waals surface area (Å²) < 4.78 is 11.0. The molecule has 0 radical (unpaired) electrons. The van der Waals surface area contributed by atoms with E-state index >= 15 is 0 Å². The molecule has 1 aromatic rings. The first-order valence-electron chi connectivity index (χ1n) is 9.58. The van der Waals surface area contributed by atoms with Crippen LogP contribution >= 0.6 is 0 Å². The Balaban J connectivity index is 1.40. The van der Waals surface area contributed by atoms with Crippen LogP contribution in [-0.4, -0.2) is 67.7 Å². The number of rotatable bonds is 4. The Labute approximate surface area is 149 Å². The summed E-state index contributed by atoms with van der Waals surface area (Å²) in [5.41, 5.74) is 2.35. The van der Waals surface area contributed by atoms with Gasteiger partial charge in [-0.15, -0.1) is 0 Å². The van der Waals surface area contributed by atoms with Crippen molar-refractivity contribution in [3.63, 3.8) is 0 Å². The topological polar surface area (TPSA) is 42.0 Å². The lowest BCUT2D eigenvalue weighted by Crippen LogP contribution is -2.47. The Bertz CT molecular complexity index is 627. The summed E-state index contributed by atoms with van der Waals surface area (Å²) in [7, 11) is 0. The average molecular weight is 344 g/mol. The van der Waals surface area contributed by atoms with E-state index in [4.69, 9.17) is 9.47 Å². The van der Waals surface area contributed by atoms with E-state index < -0.39 is 0 Å². The van der Waals surface area contributed by atoms with Crippen molar-refractivity contribution >= 4 is 5.91 Å². The Hall–Kier alpha value is -1.59. The maximum atomic E-state index is 12.9. The van der Waals surface area contributed by atoms with Crippen LogP contribution in [0.15, 0.2) is 18.2 Å². The van der Waals surface area contributed by atoms with Crippen LogP contribution in [0.25, 0.3) is 0 Å². The van der Waals surface area contributed by atoms with Crippen LogP contribution in [0.1, 0.15) is 24.5 Å². The number of amides is 1. The number of carbonyl (C=O) groups is 1. The van der Waals surface area contributed by atoms with Crippen LogP contribution in [0, 0.1) is 5.92 Å². The zero-order chi connectivity index (χ0) is 17.2. The Morgan fingerprint density at radius 3 is 2.84 bits per heavy atom. The van der Waals surface area contributed by atoms with Crippen molar-refractivity contribution in [3.8, 4) is 5.75 Å². The first-order valence-corrected chi connectivity index (χ1v) is 9.58. The van der Waals surface area contributed by atoms with Crippen molar-refractivity contribution in [3.05, 3.63) is 29.3 Å². The van der Waals surface area contributed by atoms with Gasteiger partial charge in [0.15, 0.2) is 0 Å². The lowest BCUT2D eigenvalue weighted by Gasteiger charge is -2.34. The SMILES string of the molecule is CC[C@@H]1CN(C(=O)Cc2ccc3c(c2)CCO3)C[C@H]1N1CCOCC1. The van der Waals surface area contributed by atoms with Crippen LogP contribution in [0.4, 0.5) is 0 Å². The molecule has 1 aromatic carbocycles. The van der Waals surface area contributed by atoms with Gasteiger partial charge in [0.05, 0.1) is 26.2 Å². The van der Waals surface area contributed by atoms with Gasteiger partial charge in [-0.3, -0.25) is 9.69 Å². The van der Waals surface area contributed by atoms with Crippen LogP contribution < -0.4 is 4.74 Å². The highest BCUT2D eigenvalue weighted by Gasteiger charge is 2.37. The predicted molar refractivity (Wildman–Crippen MR) is 95.9 cm³/mol. The van der Waals surface area contributed by atoms with Gasteiger partial charge in [-0.1, -0.05) is 25.5 Å². The zero-order valence-electron chi connectivity index (χ0n) is 15.1. The maximum absolute atomic E-state index is 12.9. The molecule has 2 atom stereocenters. The average Bonchev–Trinajstić information content (AvgIpc) is 3.28. The van der Waals surface area contributed by atoms with Crippen molar-refractivity contribution in [2.45, 2.75) is 32.2 Å². The molecule has 3 heterocycles. The van der Waals surface area contributed by atoms with Crippen molar-refractivity contribution in [1.82, 2.24) is 9.80 Å². The van der Waals surface area contributed by atoms with Gasteiger partial charge in [-0.2, -0.15) is 0 Å². The number of hydrogen-bond acceptors (Lipinski definition) is 4. The fraction of sp³-hybridized carbons (Fsp3) is 0.650. The minimum Gasteiger partial charge on any atom is -0.493 e. The summed E-state index contributed by atoms with van der Waals surface area (Å²) >= 11 is 0. The smallest absolute Gasteiger partial charge is 0.227 e. The second-order valence-corrected chi connectivity index (χ2v) is 7.40. The summed E-state index contributed by atoms with van der Waals surface area (Å²) in [6.45, 7) is 8.39. The molecular formula is C20H28N2O3. The monoisotopic (exact) mass is 344 g/mol. The minimum atomic E-state index is 0.257. The van der Waals surface area contributed by atoms with Gasteiger partial charge in [0.25, 0.3) is 0 Å². The predicted octanol–water partition coefficient (Wildman–Crippen LogP) is 1.73. The summed E-state index contributed by atoms with van der Waals surface area (Å²) in [4.78, 5) is 17.5. The highest BCUT2D eigenvalue weighted by molar-refractivity contribution is 5.79. The van der Waals surface area contributed by atoms with Gasteiger partial charge in [-0.05, 0) is 23.1 Å². The molecule has 4 rings (SSSR count). The van der Waals surface area contributed by atoms with E-state index in [0.717, 1.165) is 70.2 Å². The molecule has 0 aromatic heterocycles. The third-order valence-corrected chi connectivity index (χ3v) is 5.91. The Morgan fingerprint density at radius 2 is 2.04 bits per heavy atom. The van der Waals surface area contributed by atoms with E-state index in [1.807, 2.05) is 12.1 Å². The van der Waals surface area contributed by atoms with Gasteiger partial charge in [0.2, 0.25) is 5.91 Å². The molecule has 0 aliphatic carbocycles. The minimum absolute atomic E-state index is 0.257. The van der Waals surface area contributed by atoms with Crippen LogP contribution in [0.2, 0.25) is 0 Å². The maximum Gasteiger partial charge on any atom is 0.227 e. The van der Waals surface area contributed by atoms with Crippen LogP contribution in [-0.2, 0) is 22.4 Å². The molecule has 25 heavy (non-hydrogen) atoms. The second kappa shape index (κ2) is 7.34. The van der Waals surface area contributed by atoms with Gasteiger partial charge < -0.3 is 14.4 Å². The van der Waals surface area contributed by atoms with E-state index in [1.54, 1.807) is 0 Å². The number of benzene rings is 1. The summed E-state index contributed by atoms with van der Waals surface area (Å²) in [5.74, 6) is 1.82. The van der Waals surface area contributed by atoms with Crippen LogP contribution in [0.5, 0.6) is 5.75 Å². The molecular weight excluding hydrogens is 316 g/mol. The van der Waals surface area contributed by atoms with E-state index in [9.17, 15) is 4.79 Å². The summed E-state index contributed by atoms with van der Waals surface area (Å²) in [6, 6.07) is 6.69. The van der Waals surface area contributed by atoms with Crippen molar-refractivity contribution < 1.29 is 14.3 Å². The number of likely N-dealkylation sites (tertiary alicyclic amines) is 1. The normalized spacial score (nSPS) is 26.5. The number of carbonyl (C=O) groups excluding carboxylic acids is 1. The highest BCUT2D eigenvalue weighted by atomic mass is 16.5. The fourth-order valence-corrected chi connectivity index (χ4v) is 4.42. The standard InChI is InChI=1S/C20H28N2O3/c1-2-16-13-22(14-18(16)21-6-9-24-10-7-21)20(23)12-15-3-4-19-17(11-15)5-8-25-19/h3-4,11,16,18H,2,5-10,12-14H2,1H3/t16-,18-/m1/s1. The molecule has 5 nitrogen and oxygen atoms in total. The van der Waals surface area contributed by atoms with Crippen LogP contribution in [0.3, 0.4) is 0 Å².